The lowest BCUT2D eigenvalue weighted by atomic mass is 9.90. The number of imide groups is 1. The summed E-state index contributed by atoms with van der Waals surface area (Å²) >= 11 is 3.42. The van der Waals surface area contributed by atoms with E-state index in [9.17, 15) is 23.1 Å². The zero-order valence-electron chi connectivity index (χ0n) is 23.6. The van der Waals surface area contributed by atoms with Crippen molar-refractivity contribution in [2.45, 2.75) is 42.3 Å². The first-order valence-electron chi connectivity index (χ1n) is 14.3. The van der Waals surface area contributed by atoms with Gasteiger partial charge in [-0.25, -0.2) is 18.3 Å². The number of nitrogens with one attached hydrogen (secondary N) is 1. The molecule has 0 bridgehead atoms. The second-order valence-corrected chi connectivity index (χ2v) is 14.2. The molecule has 3 aliphatic rings. The number of sulfone groups is 1. The van der Waals surface area contributed by atoms with Crippen LogP contribution in [0.2, 0.25) is 0 Å². The van der Waals surface area contributed by atoms with Crippen molar-refractivity contribution in [2.75, 3.05) is 34.6 Å². The maximum absolute atomic E-state index is 14.1. The fraction of sp³-hybridized carbons (Fsp3) is 0.312. The lowest BCUT2D eigenvalue weighted by Gasteiger charge is -2.40. The summed E-state index contributed by atoms with van der Waals surface area (Å²) in [5.74, 6) is -1.52. The highest BCUT2D eigenvalue weighted by Crippen LogP contribution is 2.38. The number of piperidine rings is 1. The summed E-state index contributed by atoms with van der Waals surface area (Å²) in [6, 6.07) is 19.3. The molecule has 224 valence electrons. The van der Waals surface area contributed by atoms with Crippen molar-refractivity contribution in [1.82, 2.24) is 5.01 Å². The molecular weight excluding hydrogens is 632 g/mol. The van der Waals surface area contributed by atoms with Gasteiger partial charge in [0.05, 0.1) is 28.6 Å². The summed E-state index contributed by atoms with van der Waals surface area (Å²) in [6.07, 6.45) is 7.09. The molecule has 43 heavy (non-hydrogen) atoms. The Kier molecular flexibility index (Phi) is 8.16. The molecule has 2 amide bonds. The van der Waals surface area contributed by atoms with Crippen molar-refractivity contribution in [2.24, 2.45) is 5.92 Å². The molecule has 3 aliphatic heterocycles. The van der Waals surface area contributed by atoms with Crippen LogP contribution in [0.3, 0.4) is 0 Å². The molecule has 0 unspecified atom stereocenters. The van der Waals surface area contributed by atoms with Gasteiger partial charge in [-0.1, -0.05) is 40.2 Å². The van der Waals surface area contributed by atoms with Crippen LogP contribution >= 0.6 is 15.9 Å². The van der Waals surface area contributed by atoms with Gasteiger partial charge in [0.15, 0.2) is 9.84 Å². The second-order valence-electron chi connectivity index (χ2n) is 11.2. The van der Waals surface area contributed by atoms with Gasteiger partial charge in [0, 0.05) is 35.2 Å². The number of fused-ring (bicyclic) bond motifs is 1. The third-order valence-corrected chi connectivity index (χ3v) is 10.0. The molecule has 0 aromatic heterocycles. The molecule has 4 atom stereocenters. The first-order valence-corrected chi connectivity index (χ1v) is 17.0. The molecule has 0 saturated carbocycles. The van der Waals surface area contributed by atoms with E-state index in [1.54, 1.807) is 41.4 Å². The largest absolute Gasteiger partial charge is 0.386 e. The van der Waals surface area contributed by atoms with Gasteiger partial charge in [-0.15, -0.1) is 0 Å². The Balaban J connectivity index is 1.32. The fourth-order valence-corrected chi connectivity index (χ4v) is 6.97. The number of halogens is 1. The van der Waals surface area contributed by atoms with E-state index in [2.05, 4.69) is 26.3 Å². The Morgan fingerprint density at radius 3 is 2.09 bits per heavy atom. The SMILES string of the molecule is CS(=O)(=O)c1ccc(NN2[C@@H]([C@H](O)c3ccc(Br)cc3)C=C[C@H]3C(=O)N(c4ccc(N5CCCCC5)cc4)C(=O)[C@H]32)cc1. The molecule has 3 aromatic rings. The van der Waals surface area contributed by atoms with Crippen molar-refractivity contribution in [1.29, 1.82) is 0 Å². The summed E-state index contributed by atoms with van der Waals surface area (Å²) in [4.78, 5) is 31.5. The van der Waals surface area contributed by atoms with Crippen LogP contribution in [0.1, 0.15) is 30.9 Å². The van der Waals surface area contributed by atoms with Gasteiger partial charge in [-0.2, -0.15) is 0 Å². The number of aliphatic hydroxyl groups excluding tert-OH is 1. The Morgan fingerprint density at radius 2 is 1.47 bits per heavy atom. The molecule has 3 heterocycles. The fourth-order valence-electron chi connectivity index (χ4n) is 6.07. The monoisotopic (exact) mass is 664 g/mol. The average molecular weight is 666 g/mol. The van der Waals surface area contributed by atoms with Gasteiger partial charge in [-0.05, 0) is 85.5 Å². The molecule has 0 aliphatic carbocycles. The van der Waals surface area contributed by atoms with Crippen LogP contribution in [0.25, 0.3) is 0 Å². The van der Waals surface area contributed by atoms with Crippen molar-refractivity contribution in [3.63, 3.8) is 0 Å². The number of rotatable bonds is 7. The number of hydrogen-bond donors (Lipinski definition) is 2. The number of carbonyl (C=O) groups is 2. The number of benzene rings is 3. The summed E-state index contributed by atoms with van der Waals surface area (Å²) in [5.41, 5.74) is 5.95. The van der Waals surface area contributed by atoms with E-state index in [4.69, 9.17) is 0 Å². The first-order chi connectivity index (χ1) is 20.6. The van der Waals surface area contributed by atoms with Crippen LogP contribution in [0.15, 0.2) is 94.3 Å². The van der Waals surface area contributed by atoms with Crippen LogP contribution in [0.4, 0.5) is 17.1 Å². The normalized spacial score (nSPS) is 23.4. The minimum atomic E-state index is -3.40. The van der Waals surface area contributed by atoms with Crippen LogP contribution < -0.4 is 15.2 Å². The van der Waals surface area contributed by atoms with Crippen LogP contribution in [-0.2, 0) is 19.4 Å². The van der Waals surface area contributed by atoms with E-state index in [1.165, 1.54) is 23.5 Å². The van der Waals surface area contributed by atoms with Gasteiger partial charge in [-0.3, -0.25) is 9.59 Å². The van der Waals surface area contributed by atoms with Crippen molar-refractivity contribution >= 4 is 54.6 Å². The Hall–Kier alpha value is -3.51. The first kappa shape index (κ1) is 29.6. The summed E-state index contributed by atoms with van der Waals surface area (Å²) in [7, 11) is -3.40. The van der Waals surface area contributed by atoms with Gasteiger partial charge in [0.2, 0.25) is 5.91 Å². The van der Waals surface area contributed by atoms with E-state index in [0.717, 1.165) is 42.3 Å². The van der Waals surface area contributed by atoms with E-state index in [1.807, 2.05) is 36.4 Å². The molecule has 3 aromatic carbocycles. The van der Waals surface area contributed by atoms with Gasteiger partial charge >= 0.3 is 0 Å². The predicted octanol–water partition coefficient (Wildman–Crippen LogP) is 4.70. The summed E-state index contributed by atoms with van der Waals surface area (Å²) < 4.78 is 24.9. The van der Waals surface area contributed by atoms with Gasteiger partial charge in [0.25, 0.3) is 5.91 Å². The molecule has 6 rings (SSSR count). The smallest absolute Gasteiger partial charge is 0.254 e. The molecule has 0 spiro atoms. The van der Waals surface area contributed by atoms with Crippen LogP contribution in [-0.4, -0.2) is 61.8 Å². The number of carbonyl (C=O) groups excluding carboxylic acids is 2. The van der Waals surface area contributed by atoms with Crippen molar-refractivity contribution in [3.05, 3.63) is 95.0 Å². The maximum atomic E-state index is 14.1. The predicted molar refractivity (Wildman–Crippen MR) is 169 cm³/mol. The lowest BCUT2D eigenvalue weighted by Crippen LogP contribution is -2.55. The average Bonchev–Trinajstić information content (AvgIpc) is 3.27. The number of hydrazine groups is 1. The van der Waals surface area contributed by atoms with Crippen LogP contribution in [0, 0.1) is 5.92 Å². The van der Waals surface area contributed by atoms with Gasteiger partial charge < -0.3 is 15.4 Å². The molecule has 2 N–H and O–H groups in total. The topological polar surface area (TPSA) is 110 Å². The standard InChI is InChI=1S/C32H33BrN4O5S/c1-43(41,42)26-15-9-23(10-16-26)34-37-28(30(38)21-5-7-22(33)8-6-21)18-17-27-29(37)32(40)36(31(27)39)25-13-11-24(12-14-25)35-19-3-2-4-20-35/h5-18,27-30,34,38H,2-4,19-20H2,1H3/t27-,28-,29+,30-/m1/s1. The maximum Gasteiger partial charge on any atom is 0.254 e. The zero-order chi connectivity index (χ0) is 30.3. The Labute approximate surface area is 259 Å². The second kappa shape index (κ2) is 11.9. The highest BCUT2D eigenvalue weighted by molar-refractivity contribution is 9.10. The number of anilines is 3. The van der Waals surface area contributed by atoms with Crippen molar-refractivity contribution in [3.8, 4) is 0 Å². The van der Waals surface area contributed by atoms with Crippen LogP contribution in [0.5, 0.6) is 0 Å². The third-order valence-electron chi connectivity index (χ3n) is 8.36. The molecule has 9 nitrogen and oxygen atoms in total. The lowest BCUT2D eigenvalue weighted by molar-refractivity contribution is -0.123. The van der Waals surface area contributed by atoms with E-state index >= 15 is 0 Å². The van der Waals surface area contributed by atoms with E-state index in [-0.39, 0.29) is 10.8 Å². The quantitative estimate of drug-likeness (QED) is 0.276. The number of aliphatic hydroxyl groups is 1. The van der Waals surface area contributed by atoms with E-state index < -0.39 is 39.8 Å². The Bertz CT molecular complexity index is 1640. The molecule has 0 radical (unpaired) electrons. The molecule has 11 heteroatoms. The highest BCUT2D eigenvalue weighted by Gasteiger charge is 2.54. The minimum absolute atomic E-state index is 0.159. The molecule has 2 fully saturated rings. The number of nitrogens with zero attached hydrogens (tertiary/aromatic N) is 3. The number of amides is 2. The van der Waals surface area contributed by atoms with Gasteiger partial charge in [0.1, 0.15) is 6.04 Å². The summed E-state index contributed by atoms with van der Waals surface area (Å²) in [6.45, 7) is 1.98. The molecular formula is C32H33BrN4O5S. The third kappa shape index (κ3) is 5.86. The van der Waals surface area contributed by atoms with Crippen molar-refractivity contribution < 1.29 is 23.1 Å². The molecule has 2 saturated heterocycles. The van der Waals surface area contributed by atoms with E-state index in [0.29, 0.717) is 16.9 Å². The number of hydrogen-bond acceptors (Lipinski definition) is 8. The zero-order valence-corrected chi connectivity index (χ0v) is 26.0. The minimum Gasteiger partial charge on any atom is -0.386 e. The highest BCUT2D eigenvalue weighted by atomic mass is 79.9. The summed E-state index contributed by atoms with van der Waals surface area (Å²) in [5, 5.41) is 13.1. The Morgan fingerprint density at radius 1 is 0.837 bits per heavy atom.